The Bertz CT molecular complexity index is 1780. The molecule has 3 aliphatic rings. The van der Waals surface area contributed by atoms with Crippen molar-refractivity contribution in [2.24, 2.45) is 0 Å². The van der Waals surface area contributed by atoms with Crippen LogP contribution in [0.4, 0.5) is 4.79 Å². The third-order valence-electron chi connectivity index (χ3n) is 11.0. The molecule has 3 heterocycles. The molecule has 0 saturated carbocycles. The van der Waals surface area contributed by atoms with Crippen LogP contribution >= 0.6 is 23.2 Å². The summed E-state index contributed by atoms with van der Waals surface area (Å²) in [6.07, 6.45) is 1.78. The SMILES string of the molecule is COc1cc(C(=O)N2CCC(CCN3CCC(NC(=O)N4CCOC(C(=O)O)C4)(c4ccccc4)CC3)(c3ccc(Cl)c(Cl)c3)C2)cc(OC)c1OC. The van der Waals surface area contributed by atoms with E-state index in [1.165, 1.54) is 26.2 Å². The van der Waals surface area contributed by atoms with Gasteiger partial charge in [-0.05, 0) is 67.6 Å². The van der Waals surface area contributed by atoms with Gasteiger partial charge >= 0.3 is 12.0 Å². The highest BCUT2D eigenvalue weighted by Crippen LogP contribution is 2.43. The van der Waals surface area contributed by atoms with Gasteiger partial charge in [0, 0.05) is 43.7 Å². The van der Waals surface area contributed by atoms with Gasteiger partial charge in [-0.25, -0.2) is 9.59 Å². The van der Waals surface area contributed by atoms with E-state index in [0.717, 1.165) is 43.6 Å². The van der Waals surface area contributed by atoms with Crippen molar-refractivity contribution in [2.45, 2.75) is 42.7 Å². The van der Waals surface area contributed by atoms with E-state index in [4.69, 9.17) is 42.1 Å². The average Bonchev–Trinajstić information content (AvgIpc) is 3.63. The zero-order valence-corrected chi connectivity index (χ0v) is 31.8. The lowest BCUT2D eigenvalue weighted by atomic mass is 9.76. The summed E-state index contributed by atoms with van der Waals surface area (Å²) in [6.45, 7) is 3.72. The van der Waals surface area contributed by atoms with E-state index in [1.807, 2.05) is 53.4 Å². The normalized spacial score (nSPS) is 21.6. The van der Waals surface area contributed by atoms with E-state index in [2.05, 4.69) is 10.2 Å². The highest BCUT2D eigenvalue weighted by atomic mass is 35.5. The number of carbonyl (C=O) groups excluding carboxylic acids is 2. The molecular formula is C39H46Cl2N4O8. The van der Waals surface area contributed by atoms with E-state index in [0.29, 0.717) is 65.3 Å². The third-order valence-corrected chi connectivity index (χ3v) is 11.7. The highest BCUT2D eigenvalue weighted by Gasteiger charge is 2.44. The molecule has 6 rings (SSSR count). The molecule has 3 amide bonds. The lowest BCUT2D eigenvalue weighted by Crippen LogP contribution is -2.59. The fourth-order valence-corrected chi connectivity index (χ4v) is 8.18. The van der Waals surface area contributed by atoms with Crippen LogP contribution in [0.15, 0.2) is 60.7 Å². The number of piperidine rings is 1. The molecule has 0 bridgehead atoms. The number of nitrogens with one attached hydrogen (secondary N) is 1. The van der Waals surface area contributed by atoms with Gasteiger partial charge in [-0.2, -0.15) is 0 Å². The number of urea groups is 1. The topological polar surface area (TPSA) is 130 Å². The minimum Gasteiger partial charge on any atom is -0.493 e. The number of carbonyl (C=O) groups is 3. The summed E-state index contributed by atoms with van der Waals surface area (Å²) in [4.78, 5) is 45.0. The van der Waals surface area contributed by atoms with Crippen molar-refractivity contribution < 1.29 is 38.4 Å². The smallest absolute Gasteiger partial charge is 0.334 e. The van der Waals surface area contributed by atoms with Crippen LogP contribution in [-0.4, -0.2) is 118 Å². The molecule has 3 aliphatic heterocycles. The molecule has 3 saturated heterocycles. The van der Waals surface area contributed by atoms with E-state index < -0.39 is 17.6 Å². The van der Waals surface area contributed by atoms with E-state index in [-0.39, 0.29) is 30.5 Å². The van der Waals surface area contributed by atoms with Crippen LogP contribution in [0, 0.1) is 0 Å². The molecule has 3 aromatic carbocycles. The third kappa shape index (κ3) is 8.16. The van der Waals surface area contributed by atoms with Gasteiger partial charge < -0.3 is 44.1 Å². The van der Waals surface area contributed by atoms with Crippen molar-refractivity contribution in [3.8, 4) is 17.2 Å². The largest absolute Gasteiger partial charge is 0.493 e. The number of ether oxygens (including phenoxy) is 4. The first-order valence-corrected chi connectivity index (χ1v) is 18.5. The zero-order valence-electron chi connectivity index (χ0n) is 30.2. The molecule has 2 atom stereocenters. The van der Waals surface area contributed by atoms with Crippen LogP contribution in [0.25, 0.3) is 0 Å². The predicted octanol–water partition coefficient (Wildman–Crippen LogP) is 5.68. The Hall–Kier alpha value is -4.23. The summed E-state index contributed by atoms with van der Waals surface area (Å²) in [7, 11) is 4.57. The summed E-state index contributed by atoms with van der Waals surface area (Å²) in [5.41, 5.74) is 1.48. The van der Waals surface area contributed by atoms with E-state index in [9.17, 15) is 19.5 Å². The Morgan fingerprint density at radius 2 is 1.55 bits per heavy atom. The molecule has 14 heteroatoms. The van der Waals surface area contributed by atoms with Gasteiger partial charge in [0.2, 0.25) is 5.75 Å². The first-order chi connectivity index (χ1) is 25.5. The number of methoxy groups -OCH3 is 3. The van der Waals surface area contributed by atoms with Crippen molar-refractivity contribution in [2.75, 3.05) is 73.7 Å². The average molecular weight is 770 g/mol. The van der Waals surface area contributed by atoms with Gasteiger partial charge in [-0.3, -0.25) is 4.79 Å². The maximum absolute atomic E-state index is 14.0. The van der Waals surface area contributed by atoms with Gasteiger partial charge in [0.15, 0.2) is 17.6 Å². The van der Waals surface area contributed by atoms with Crippen molar-refractivity contribution in [1.82, 2.24) is 20.0 Å². The number of rotatable bonds is 11. The van der Waals surface area contributed by atoms with Crippen LogP contribution in [0.3, 0.4) is 0 Å². The first kappa shape index (κ1) is 38.5. The Morgan fingerprint density at radius 1 is 0.849 bits per heavy atom. The number of hydrogen-bond acceptors (Lipinski definition) is 8. The molecule has 284 valence electrons. The first-order valence-electron chi connectivity index (χ1n) is 17.8. The fourth-order valence-electron chi connectivity index (χ4n) is 7.88. The molecule has 3 fully saturated rings. The van der Waals surface area contributed by atoms with Crippen LogP contribution in [0.2, 0.25) is 10.0 Å². The molecule has 0 aliphatic carbocycles. The number of benzene rings is 3. The van der Waals surface area contributed by atoms with Gasteiger partial charge in [-0.1, -0.05) is 59.6 Å². The lowest BCUT2D eigenvalue weighted by Gasteiger charge is -2.45. The van der Waals surface area contributed by atoms with Crippen LogP contribution in [-0.2, 0) is 20.5 Å². The summed E-state index contributed by atoms with van der Waals surface area (Å²) in [5.74, 6) is 0.0221. The number of nitrogens with zero attached hydrogens (tertiary/aromatic N) is 3. The Balaban J connectivity index is 1.19. The number of hydrogen-bond donors (Lipinski definition) is 2. The number of likely N-dealkylation sites (tertiary alicyclic amines) is 2. The van der Waals surface area contributed by atoms with Gasteiger partial charge in [-0.15, -0.1) is 0 Å². The Morgan fingerprint density at radius 3 is 2.17 bits per heavy atom. The minimum absolute atomic E-state index is 0.00592. The maximum Gasteiger partial charge on any atom is 0.334 e. The van der Waals surface area contributed by atoms with Crippen molar-refractivity contribution in [3.05, 3.63) is 87.4 Å². The maximum atomic E-state index is 14.0. The molecule has 0 aromatic heterocycles. The van der Waals surface area contributed by atoms with Crippen LogP contribution in [0.1, 0.15) is 47.2 Å². The van der Waals surface area contributed by atoms with Crippen molar-refractivity contribution in [3.63, 3.8) is 0 Å². The van der Waals surface area contributed by atoms with Crippen molar-refractivity contribution >= 4 is 41.1 Å². The predicted molar refractivity (Wildman–Crippen MR) is 201 cm³/mol. The summed E-state index contributed by atoms with van der Waals surface area (Å²) < 4.78 is 21.9. The summed E-state index contributed by atoms with van der Waals surface area (Å²) >= 11 is 12.9. The number of morpholine rings is 1. The summed E-state index contributed by atoms with van der Waals surface area (Å²) in [5, 5.41) is 13.7. The van der Waals surface area contributed by atoms with E-state index >= 15 is 0 Å². The monoisotopic (exact) mass is 768 g/mol. The second-order valence-corrected chi connectivity index (χ2v) is 14.7. The molecule has 12 nitrogen and oxygen atoms in total. The van der Waals surface area contributed by atoms with Crippen LogP contribution < -0.4 is 19.5 Å². The number of carboxylic acids is 1. The second-order valence-electron chi connectivity index (χ2n) is 13.9. The quantitative estimate of drug-likeness (QED) is 0.253. The van der Waals surface area contributed by atoms with E-state index in [1.54, 1.807) is 12.1 Å². The lowest BCUT2D eigenvalue weighted by molar-refractivity contribution is -0.154. The second kappa shape index (κ2) is 16.4. The Labute approximate surface area is 319 Å². The molecule has 3 aromatic rings. The molecule has 0 radical (unpaired) electrons. The van der Waals surface area contributed by atoms with Crippen molar-refractivity contribution in [1.29, 1.82) is 0 Å². The van der Waals surface area contributed by atoms with Gasteiger partial charge in [0.05, 0.1) is 50.1 Å². The standard InChI is InChI=1S/C39H46Cl2N4O8/c1-50-31-21-26(22-32(51-2)34(31)52-3)35(46)45-18-12-38(25-45,28-9-10-29(40)30(41)23-28)11-15-43-16-13-39(14-17-43,27-7-5-4-6-8-27)42-37(49)44-19-20-53-33(24-44)36(47)48/h4-10,21-23,33H,11-20,24-25H2,1-3H3,(H,42,49)(H,47,48). The molecular weight excluding hydrogens is 723 g/mol. The number of amides is 3. The number of aliphatic carboxylic acids is 1. The van der Waals surface area contributed by atoms with Gasteiger partial charge in [0.25, 0.3) is 5.91 Å². The van der Waals surface area contributed by atoms with Crippen LogP contribution in [0.5, 0.6) is 17.2 Å². The number of halogens is 2. The Kier molecular flexibility index (Phi) is 11.9. The zero-order chi connectivity index (χ0) is 37.8. The number of carboxylic acid groups (broad SMARTS) is 1. The fraction of sp³-hybridized carbons (Fsp3) is 0.462. The van der Waals surface area contributed by atoms with Gasteiger partial charge in [0.1, 0.15) is 0 Å². The molecule has 53 heavy (non-hydrogen) atoms. The minimum atomic E-state index is -1.08. The molecule has 2 N–H and O–H groups in total. The highest BCUT2D eigenvalue weighted by molar-refractivity contribution is 6.42. The summed E-state index contributed by atoms with van der Waals surface area (Å²) in [6, 6.07) is 18.8. The molecule has 0 spiro atoms. The molecule has 2 unspecified atom stereocenters.